The maximum atomic E-state index is 13.1. The first-order valence-electron chi connectivity index (χ1n) is 10.0. The standard InChI is InChI=1S/C23H26Cl2N2O2/c1-16(23(29)26-21-4-2-3-5-21)27(15-18-8-12-20(25)13-9-18)22(28)14-17-6-10-19(24)11-7-17/h6-13,16,21H,2-5,14-15H2,1H3,(H,26,29)/t16-/m0/s1. The number of carbonyl (C=O) groups excluding carboxylic acids is 2. The fraction of sp³-hybridized carbons (Fsp3) is 0.391. The molecule has 1 N–H and O–H groups in total. The van der Waals surface area contributed by atoms with Crippen molar-refractivity contribution in [1.82, 2.24) is 10.2 Å². The Morgan fingerprint density at radius 1 is 0.966 bits per heavy atom. The van der Waals surface area contributed by atoms with Crippen LogP contribution in [0, 0.1) is 0 Å². The lowest BCUT2D eigenvalue weighted by Crippen LogP contribution is -2.50. The van der Waals surface area contributed by atoms with Gasteiger partial charge in [-0.3, -0.25) is 9.59 Å². The van der Waals surface area contributed by atoms with Gasteiger partial charge in [0.15, 0.2) is 0 Å². The molecule has 0 radical (unpaired) electrons. The predicted octanol–water partition coefficient (Wildman–Crippen LogP) is 5.01. The van der Waals surface area contributed by atoms with Crippen LogP contribution >= 0.6 is 23.2 Å². The van der Waals surface area contributed by atoms with E-state index < -0.39 is 6.04 Å². The van der Waals surface area contributed by atoms with E-state index in [-0.39, 0.29) is 24.3 Å². The Bertz CT molecular complexity index is 831. The molecule has 1 atom stereocenters. The summed E-state index contributed by atoms with van der Waals surface area (Å²) >= 11 is 11.9. The number of halogens is 2. The van der Waals surface area contributed by atoms with Gasteiger partial charge in [0.05, 0.1) is 6.42 Å². The molecule has 0 unspecified atom stereocenters. The van der Waals surface area contributed by atoms with Crippen molar-refractivity contribution in [3.05, 3.63) is 69.7 Å². The van der Waals surface area contributed by atoms with Crippen LogP contribution in [0.25, 0.3) is 0 Å². The zero-order chi connectivity index (χ0) is 20.8. The molecule has 2 aromatic carbocycles. The summed E-state index contributed by atoms with van der Waals surface area (Å²) in [5.74, 6) is -0.202. The lowest BCUT2D eigenvalue weighted by molar-refractivity contribution is -0.140. The predicted molar refractivity (Wildman–Crippen MR) is 117 cm³/mol. The Morgan fingerprint density at radius 3 is 2.03 bits per heavy atom. The summed E-state index contributed by atoms with van der Waals surface area (Å²) in [5, 5.41) is 4.38. The summed E-state index contributed by atoms with van der Waals surface area (Å²) in [7, 11) is 0. The van der Waals surface area contributed by atoms with Crippen LogP contribution in [0.15, 0.2) is 48.5 Å². The number of hydrogen-bond acceptors (Lipinski definition) is 2. The zero-order valence-corrected chi connectivity index (χ0v) is 18.0. The average molecular weight is 433 g/mol. The van der Waals surface area contributed by atoms with Crippen LogP contribution in [0.4, 0.5) is 0 Å². The monoisotopic (exact) mass is 432 g/mol. The molecule has 2 amide bonds. The van der Waals surface area contributed by atoms with Crippen LogP contribution in [0.3, 0.4) is 0 Å². The fourth-order valence-electron chi connectivity index (χ4n) is 3.64. The van der Waals surface area contributed by atoms with Crippen molar-refractivity contribution >= 4 is 35.0 Å². The van der Waals surface area contributed by atoms with Crippen molar-refractivity contribution < 1.29 is 9.59 Å². The zero-order valence-electron chi connectivity index (χ0n) is 16.5. The van der Waals surface area contributed by atoms with Gasteiger partial charge in [0.25, 0.3) is 0 Å². The van der Waals surface area contributed by atoms with E-state index in [1.807, 2.05) is 24.3 Å². The van der Waals surface area contributed by atoms with E-state index in [4.69, 9.17) is 23.2 Å². The van der Waals surface area contributed by atoms with Gasteiger partial charge in [-0.2, -0.15) is 0 Å². The Morgan fingerprint density at radius 2 is 1.48 bits per heavy atom. The highest BCUT2D eigenvalue weighted by molar-refractivity contribution is 6.30. The Kier molecular flexibility index (Phi) is 7.57. The van der Waals surface area contributed by atoms with Crippen LogP contribution in [-0.4, -0.2) is 28.8 Å². The lowest BCUT2D eigenvalue weighted by atomic mass is 10.1. The van der Waals surface area contributed by atoms with E-state index >= 15 is 0 Å². The Balaban J connectivity index is 1.75. The smallest absolute Gasteiger partial charge is 0.242 e. The number of nitrogens with zero attached hydrogens (tertiary/aromatic N) is 1. The number of carbonyl (C=O) groups is 2. The number of rotatable bonds is 7. The summed E-state index contributed by atoms with van der Waals surface area (Å²) in [6.07, 6.45) is 4.52. The highest BCUT2D eigenvalue weighted by atomic mass is 35.5. The Hall–Kier alpha value is -2.04. The minimum Gasteiger partial charge on any atom is -0.352 e. The number of benzene rings is 2. The number of hydrogen-bond donors (Lipinski definition) is 1. The van der Waals surface area contributed by atoms with Gasteiger partial charge in [-0.05, 0) is 55.2 Å². The molecular formula is C23H26Cl2N2O2. The SMILES string of the molecule is C[C@@H](C(=O)NC1CCCC1)N(Cc1ccc(Cl)cc1)C(=O)Cc1ccc(Cl)cc1. The number of nitrogens with one attached hydrogen (secondary N) is 1. The molecular weight excluding hydrogens is 407 g/mol. The van der Waals surface area contributed by atoms with Crippen molar-refractivity contribution in [3.8, 4) is 0 Å². The first-order chi connectivity index (χ1) is 13.9. The van der Waals surface area contributed by atoms with Crippen LogP contribution < -0.4 is 5.32 Å². The van der Waals surface area contributed by atoms with E-state index in [9.17, 15) is 9.59 Å². The molecule has 1 aliphatic rings. The third kappa shape index (κ3) is 6.22. The van der Waals surface area contributed by atoms with E-state index in [1.165, 1.54) is 0 Å². The Labute approximate surface area is 182 Å². The molecule has 0 heterocycles. The molecule has 1 aliphatic carbocycles. The van der Waals surface area contributed by atoms with Gasteiger partial charge in [-0.15, -0.1) is 0 Å². The third-order valence-electron chi connectivity index (χ3n) is 5.40. The minimum absolute atomic E-state index is 0.101. The molecule has 0 saturated heterocycles. The number of amides is 2. The second-order valence-electron chi connectivity index (χ2n) is 7.62. The third-order valence-corrected chi connectivity index (χ3v) is 5.91. The summed E-state index contributed by atoms with van der Waals surface area (Å²) in [5.41, 5.74) is 1.79. The van der Waals surface area contributed by atoms with Crippen molar-refractivity contribution in [1.29, 1.82) is 0 Å². The molecule has 29 heavy (non-hydrogen) atoms. The van der Waals surface area contributed by atoms with Gasteiger partial charge in [0.1, 0.15) is 6.04 Å². The summed E-state index contributed by atoms with van der Waals surface area (Å²) in [6.45, 7) is 2.14. The second-order valence-corrected chi connectivity index (χ2v) is 8.49. The summed E-state index contributed by atoms with van der Waals surface area (Å²) in [4.78, 5) is 27.6. The molecule has 0 aliphatic heterocycles. The summed E-state index contributed by atoms with van der Waals surface area (Å²) in [6, 6.07) is 14.2. The van der Waals surface area contributed by atoms with Gasteiger partial charge in [-0.25, -0.2) is 0 Å². The van der Waals surface area contributed by atoms with Gasteiger partial charge < -0.3 is 10.2 Å². The first-order valence-corrected chi connectivity index (χ1v) is 10.8. The summed E-state index contributed by atoms with van der Waals surface area (Å²) < 4.78 is 0. The van der Waals surface area contributed by atoms with Crippen molar-refractivity contribution in [2.75, 3.05) is 0 Å². The molecule has 3 rings (SSSR count). The quantitative estimate of drug-likeness (QED) is 0.667. The first kappa shape index (κ1) is 21.7. The van der Waals surface area contributed by atoms with Crippen LogP contribution in [0.1, 0.15) is 43.7 Å². The van der Waals surface area contributed by atoms with E-state index in [2.05, 4.69) is 5.32 Å². The van der Waals surface area contributed by atoms with Crippen molar-refractivity contribution in [2.45, 2.75) is 57.7 Å². The maximum Gasteiger partial charge on any atom is 0.242 e. The molecule has 1 saturated carbocycles. The van der Waals surface area contributed by atoms with Gasteiger partial charge >= 0.3 is 0 Å². The van der Waals surface area contributed by atoms with Gasteiger partial charge in [-0.1, -0.05) is 60.3 Å². The van der Waals surface area contributed by atoms with E-state index in [0.717, 1.165) is 36.8 Å². The molecule has 154 valence electrons. The molecule has 6 heteroatoms. The lowest BCUT2D eigenvalue weighted by Gasteiger charge is -2.30. The minimum atomic E-state index is -0.564. The molecule has 0 bridgehead atoms. The van der Waals surface area contributed by atoms with Crippen LogP contribution in [-0.2, 0) is 22.6 Å². The molecule has 0 spiro atoms. The second kappa shape index (κ2) is 10.1. The highest BCUT2D eigenvalue weighted by Gasteiger charge is 2.28. The van der Waals surface area contributed by atoms with E-state index in [1.54, 1.807) is 36.1 Å². The van der Waals surface area contributed by atoms with Crippen molar-refractivity contribution in [3.63, 3.8) is 0 Å². The fourth-order valence-corrected chi connectivity index (χ4v) is 3.89. The molecule has 0 aromatic heterocycles. The molecule has 2 aromatic rings. The molecule has 4 nitrogen and oxygen atoms in total. The highest BCUT2D eigenvalue weighted by Crippen LogP contribution is 2.19. The van der Waals surface area contributed by atoms with Crippen molar-refractivity contribution in [2.24, 2.45) is 0 Å². The maximum absolute atomic E-state index is 13.1. The van der Waals surface area contributed by atoms with Crippen LogP contribution in [0.2, 0.25) is 10.0 Å². The average Bonchev–Trinajstić information content (AvgIpc) is 3.21. The van der Waals surface area contributed by atoms with E-state index in [0.29, 0.717) is 16.6 Å². The largest absolute Gasteiger partial charge is 0.352 e. The van der Waals surface area contributed by atoms with Gasteiger partial charge in [0.2, 0.25) is 11.8 Å². The van der Waals surface area contributed by atoms with Crippen LogP contribution in [0.5, 0.6) is 0 Å². The van der Waals surface area contributed by atoms with Gasteiger partial charge in [0, 0.05) is 22.6 Å². The molecule has 1 fully saturated rings. The topological polar surface area (TPSA) is 49.4 Å². The normalized spacial score (nSPS) is 15.1.